The van der Waals surface area contributed by atoms with Crippen LogP contribution in [0.3, 0.4) is 0 Å². The van der Waals surface area contributed by atoms with Crippen molar-refractivity contribution in [3.63, 3.8) is 0 Å². The molecule has 1 unspecified atom stereocenters. The van der Waals surface area contributed by atoms with Gasteiger partial charge in [-0.15, -0.1) is 0 Å². The van der Waals surface area contributed by atoms with Crippen LogP contribution in [0.25, 0.3) is 0 Å². The Balaban J connectivity index is 2.01. The molecule has 0 aromatic carbocycles. The highest BCUT2D eigenvalue weighted by Gasteiger charge is 2.31. The Labute approximate surface area is 118 Å². The van der Waals surface area contributed by atoms with E-state index in [9.17, 15) is 4.39 Å². The maximum absolute atomic E-state index is 13.4. The van der Waals surface area contributed by atoms with Gasteiger partial charge in [-0.05, 0) is 38.8 Å². The highest BCUT2D eigenvalue weighted by molar-refractivity contribution is 5.45. The molecule has 1 aliphatic heterocycles. The van der Waals surface area contributed by atoms with Crippen LogP contribution in [-0.2, 0) is 7.05 Å². The molecule has 0 aliphatic carbocycles. The molecule has 1 atom stereocenters. The first-order valence-corrected chi connectivity index (χ1v) is 6.97. The van der Waals surface area contributed by atoms with Crippen LogP contribution in [0.15, 0.2) is 18.2 Å². The van der Waals surface area contributed by atoms with Gasteiger partial charge in [0, 0.05) is 24.8 Å². The average Bonchev–Trinajstić information content (AvgIpc) is 2.96. The fourth-order valence-corrected chi connectivity index (χ4v) is 3.17. The summed E-state index contributed by atoms with van der Waals surface area (Å²) in [4.78, 5) is 6.22. The van der Waals surface area contributed by atoms with Crippen LogP contribution in [0.5, 0.6) is 0 Å². The maximum Gasteiger partial charge on any atom is 0.214 e. The van der Waals surface area contributed by atoms with Gasteiger partial charge in [0.1, 0.15) is 5.82 Å². The summed E-state index contributed by atoms with van der Waals surface area (Å²) >= 11 is 0. The van der Waals surface area contributed by atoms with Gasteiger partial charge in [0.25, 0.3) is 0 Å². The molecule has 1 aliphatic rings. The number of rotatable bonds is 2. The summed E-state index contributed by atoms with van der Waals surface area (Å²) in [6, 6.07) is 5.23. The molecule has 0 amide bonds. The van der Waals surface area contributed by atoms with E-state index in [0.717, 1.165) is 30.9 Å². The molecule has 0 radical (unpaired) electrons. The summed E-state index contributed by atoms with van der Waals surface area (Å²) in [6.45, 7) is 5.04. The van der Waals surface area contributed by atoms with E-state index in [1.807, 2.05) is 24.7 Å². The van der Waals surface area contributed by atoms with Gasteiger partial charge in [-0.2, -0.15) is 9.49 Å². The third kappa shape index (κ3) is 2.07. The lowest BCUT2D eigenvalue weighted by Gasteiger charge is -2.26. The Bertz CT molecular complexity index is 635. The van der Waals surface area contributed by atoms with Crippen molar-refractivity contribution in [1.29, 1.82) is 0 Å². The van der Waals surface area contributed by atoms with Crippen molar-refractivity contribution in [3.8, 4) is 0 Å². The average molecular weight is 274 g/mol. The number of hydrogen-bond donors (Lipinski definition) is 0. The first-order valence-electron chi connectivity index (χ1n) is 6.97. The summed E-state index contributed by atoms with van der Waals surface area (Å²) in [5.41, 5.74) is 3.49. The van der Waals surface area contributed by atoms with Gasteiger partial charge in [-0.25, -0.2) is 4.98 Å². The van der Waals surface area contributed by atoms with Gasteiger partial charge in [0.15, 0.2) is 0 Å². The molecule has 1 fully saturated rings. The SMILES string of the molecule is Cc1nn(C)c(C)c1C1CCCN1c1cccc(F)n1. The number of pyridine rings is 1. The van der Waals surface area contributed by atoms with Gasteiger partial charge in [0.05, 0.1) is 11.7 Å². The third-order valence-corrected chi connectivity index (χ3v) is 4.15. The van der Waals surface area contributed by atoms with E-state index < -0.39 is 5.95 Å². The molecule has 2 aromatic heterocycles. The smallest absolute Gasteiger partial charge is 0.214 e. The fraction of sp³-hybridized carbons (Fsp3) is 0.467. The predicted octanol–water partition coefficient (Wildman–Crippen LogP) is 2.91. The van der Waals surface area contributed by atoms with Crippen LogP contribution >= 0.6 is 0 Å². The Kier molecular flexibility index (Phi) is 3.20. The van der Waals surface area contributed by atoms with E-state index in [2.05, 4.69) is 21.9 Å². The molecule has 0 N–H and O–H groups in total. The van der Waals surface area contributed by atoms with Gasteiger partial charge in [-0.3, -0.25) is 4.68 Å². The minimum Gasteiger partial charge on any atom is -0.349 e. The summed E-state index contributed by atoms with van der Waals surface area (Å²) in [5, 5.41) is 4.50. The van der Waals surface area contributed by atoms with Crippen LogP contribution in [0.4, 0.5) is 10.2 Å². The summed E-state index contributed by atoms with van der Waals surface area (Å²) in [5.74, 6) is 0.294. The molecule has 0 bridgehead atoms. The molecule has 106 valence electrons. The van der Waals surface area contributed by atoms with Crippen molar-refractivity contribution in [2.45, 2.75) is 32.7 Å². The minimum atomic E-state index is -0.423. The summed E-state index contributed by atoms with van der Waals surface area (Å²) in [7, 11) is 1.96. The van der Waals surface area contributed by atoms with Crippen LogP contribution in [-0.4, -0.2) is 21.3 Å². The highest BCUT2D eigenvalue weighted by atomic mass is 19.1. The zero-order valence-corrected chi connectivity index (χ0v) is 12.1. The monoisotopic (exact) mass is 274 g/mol. The van der Waals surface area contributed by atoms with E-state index in [4.69, 9.17) is 0 Å². The predicted molar refractivity (Wildman–Crippen MR) is 76.2 cm³/mol. The van der Waals surface area contributed by atoms with Crippen molar-refractivity contribution >= 4 is 5.82 Å². The zero-order chi connectivity index (χ0) is 14.3. The fourth-order valence-electron chi connectivity index (χ4n) is 3.17. The lowest BCUT2D eigenvalue weighted by molar-refractivity contribution is 0.578. The lowest BCUT2D eigenvalue weighted by Crippen LogP contribution is -2.24. The van der Waals surface area contributed by atoms with Gasteiger partial charge < -0.3 is 4.90 Å². The third-order valence-electron chi connectivity index (χ3n) is 4.15. The quantitative estimate of drug-likeness (QED) is 0.790. The Morgan fingerprint density at radius 1 is 1.30 bits per heavy atom. The number of aromatic nitrogens is 3. The second kappa shape index (κ2) is 4.89. The van der Waals surface area contributed by atoms with Gasteiger partial charge in [-0.1, -0.05) is 6.07 Å². The second-order valence-electron chi connectivity index (χ2n) is 5.38. The molecule has 20 heavy (non-hydrogen) atoms. The van der Waals surface area contributed by atoms with Crippen molar-refractivity contribution in [2.75, 3.05) is 11.4 Å². The molecular weight excluding hydrogens is 255 g/mol. The number of nitrogens with zero attached hydrogens (tertiary/aromatic N) is 4. The Morgan fingerprint density at radius 2 is 2.10 bits per heavy atom. The van der Waals surface area contributed by atoms with E-state index in [-0.39, 0.29) is 6.04 Å². The lowest BCUT2D eigenvalue weighted by atomic mass is 10.0. The van der Waals surface area contributed by atoms with Crippen LogP contribution in [0.2, 0.25) is 0 Å². The van der Waals surface area contributed by atoms with Crippen molar-refractivity contribution < 1.29 is 4.39 Å². The normalized spacial score (nSPS) is 18.8. The first kappa shape index (κ1) is 13.1. The van der Waals surface area contributed by atoms with Crippen molar-refractivity contribution in [3.05, 3.63) is 41.1 Å². The molecular formula is C15H19FN4. The molecule has 3 heterocycles. The first-order chi connectivity index (χ1) is 9.58. The topological polar surface area (TPSA) is 34.0 Å². The molecule has 2 aromatic rings. The number of halogens is 1. The van der Waals surface area contributed by atoms with Gasteiger partial charge >= 0.3 is 0 Å². The second-order valence-corrected chi connectivity index (χ2v) is 5.38. The van der Waals surface area contributed by atoms with E-state index in [1.165, 1.54) is 17.3 Å². The molecule has 5 heteroatoms. The number of hydrogen-bond acceptors (Lipinski definition) is 3. The van der Waals surface area contributed by atoms with Gasteiger partial charge in [0.2, 0.25) is 5.95 Å². The molecule has 3 rings (SSSR count). The number of anilines is 1. The van der Waals surface area contributed by atoms with Crippen LogP contribution in [0, 0.1) is 19.8 Å². The zero-order valence-electron chi connectivity index (χ0n) is 12.1. The standard InChI is InChI=1S/C15H19FN4/c1-10-15(11(2)19(3)18-10)12-6-5-9-20(12)14-8-4-7-13(16)17-14/h4,7-8,12H,5-6,9H2,1-3H3. The largest absolute Gasteiger partial charge is 0.349 e. The highest BCUT2D eigenvalue weighted by Crippen LogP contribution is 2.37. The minimum absolute atomic E-state index is 0.248. The van der Waals surface area contributed by atoms with Crippen molar-refractivity contribution in [2.24, 2.45) is 7.05 Å². The van der Waals surface area contributed by atoms with E-state index in [1.54, 1.807) is 6.07 Å². The summed E-state index contributed by atoms with van der Waals surface area (Å²) in [6.07, 6.45) is 2.15. The van der Waals surface area contributed by atoms with Crippen molar-refractivity contribution in [1.82, 2.24) is 14.8 Å². The Hall–Kier alpha value is -1.91. The summed E-state index contributed by atoms with van der Waals surface area (Å²) < 4.78 is 15.3. The molecule has 0 spiro atoms. The van der Waals surface area contributed by atoms with E-state index >= 15 is 0 Å². The Morgan fingerprint density at radius 3 is 2.75 bits per heavy atom. The molecule has 4 nitrogen and oxygen atoms in total. The van der Waals surface area contributed by atoms with E-state index in [0.29, 0.717) is 0 Å². The molecule has 1 saturated heterocycles. The maximum atomic E-state index is 13.4. The van der Waals surface area contributed by atoms with Crippen LogP contribution in [0.1, 0.15) is 35.8 Å². The number of aryl methyl sites for hydroxylation is 2. The molecule has 0 saturated carbocycles. The van der Waals surface area contributed by atoms with Crippen LogP contribution < -0.4 is 4.90 Å².